The van der Waals surface area contributed by atoms with Gasteiger partial charge < -0.3 is 33.5 Å². The minimum absolute atomic E-state index is 0.0221. The van der Waals surface area contributed by atoms with Crippen molar-refractivity contribution in [3.8, 4) is 0 Å². The van der Waals surface area contributed by atoms with Gasteiger partial charge in [0.25, 0.3) is 0 Å². The Morgan fingerprint density at radius 2 is 1.90 bits per heavy atom. The van der Waals surface area contributed by atoms with Gasteiger partial charge in [-0.3, -0.25) is 4.90 Å². The number of halogens is 1. The first-order valence-electron chi connectivity index (χ1n) is 10.3. The summed E-state index contributed by atoms with van der Waals surface area (Å²) in [6, 6.07) is 1.85. The molecule has 10 nitrogen and oxygen atoms in total. The summed E-state index contributed by atoms with van der Waals surface area (Å²) in [6.07, 6.45) is -1.77. The number of hydrogen-bond donors (Lipinski definition) is 1. The number of benzene rings is 1. The normalized spacial score (nSPS) is 27.5. The van der Waals surface area contributed by atoms with Gasteiger partial charge in [-0.15, -0.1) is 0 Å². The molecule has 3 saturated heterocycles. The summed E-state index contributed by atoms with van der Waals surface area (Å²) < 4.78 is 28.2. The van der Waals surface area contributed by atoms with Crippen molar-refractivity contribution in [2.45, 2.75) is 38.4 Å². The van der Waals surface area contributed by atoms with Crippen LogP contribution in [-0.2, 0) is 18.9 Å². The lowest BCUT2D eigenvalue weighted by molar-refractivity contribution is -0.0443. The third-order valence-electron chi connectivity index (χ3n) is 5.63. The van der Waals surface area contributed by atoms with Crippen LogP contribution in [0.5, 0.6) is 0 Å². The number of cyclic esters (lactones) is 1. The van der Waals surface area contributed by atoms with Gasteiger partial charge in [-0.05, 0) is 19.9 Å². The van der Waals surface area contributed by atoms with E-state index in [1.54, 1.807) is 0 Å². The predicted molar refractivity (Wildman–Crippen MR) is 111 cm³/mol. The Hall–Kier alpha value is -2.11. The summed E-state index contributed by atoms with van der Waals surface area (Å²) in [5, 5.41) is 14.4. The molecule has 3 atom stereocenters. The maximum Gasteiger partial charge on any atom is 0.416 e. The van der Waals surface area contributed by atoms with Crippen LogP contribution in [0, 0.1) is 0 Å². The minimum Gasteiger partial charge on any atom is -0.441 e. The lowest BCUT2D eigenvalue weighted by Crippen LogP contribution is -2.46. The number of carbonyl (C=O) groups is 1. The maximum atomic E-state index is 12.3. The highest BCUT2D eigenvalue weighted by Gasteiger charge is 2.37. The zero-order valence-corrected chi connectivity index (χ0v) is 18.0. The zero-order valence-electron chi connectivity index (χ0n) is 17.2. The number of fused-ring (bicyclic) bond motifs is 1. The Morgan fingerprint density at radius 1 is 1.19 bits per heavy atom. The highest BCUT2D eigenvalue weighted by atomic mass is 35.5. The van der Waals surface area contributed by atoms with E-state index in [0.29, 0.717) is 42.3 Å². The van der Waals surface area contributed by atoms with Crippen LogP contribution in [-0.4, -0.2) is 74.1 Å². The van der Waals surface area contributed by atoms with Crippen molar-refractivity contribution >= 4 is 40.2 Å². The number of anilines is 2. The zero-order chi connectivity index (χ0) is 21.7. The summed E-state index contributed by atoms with van der Waals surface area (Å²) in [7, 11) is 0. The average Bonchev–Trinajstić information content (AvgIpc) is 3.46. The molecule has 31 heavy (non-hydrogen) atoms. The van der Waals surface area contributed by atoms with E-state index in [0.717, 1.165) is 11.3 Å². The summed E-state index contributed by atoms with van der Waals surface area (Å²) >= 11 is 6.86. The molecular formula is C20H24ClN3O7. The van der Waals surface area contributed by atoms with Crippen LogP contribution >= 0.6 is 11.6 Å². The molecule has 0 bridgehead atoms. The monoisotopic (exact) mass is 453 g/mol. The molecule has 0 aliphatic carbocycles. The number of amides is 1. The van der Waals surface area contributed by atoms with Crippen molar-refractivity contribution in [1.82, 2.24) is 5.16 Å². The Kier molecular flexibility index (Phi) is 5.43. The fourth-order valence-corrected chi connectivity index (χ4v) is 4.78. The van der Waals surface area contributed by atoms with E-state index in [4.69, 9.17) is 35.1 Å². The van der Waals surface area contributed by atoms with E-state index < -0.39 is 18.5 Å². The van der Waals surface area contributed by atoms with Gasteiger partial charge in [0.2, 0.25) is 0 Å². The second kappa shape index (κ2) is 8.10. The van der Waals surface area contributed by atoms with E-state index in [-0.39, 0.29) is 31.2 Å². The molecule has 168 valence electrons. The number of aromatic nitrogens is 1. The molecule has 3 fully saturated rings. The highest BCUT2D eigenvalue weighted by molar-refractivity contribution is 6.38. The topological polar surface area (TPSA) is 107 Å². The van der Waals surface area contributed by atoms with Crippen LogP contribution in [0.15, 0.2) is 10.6 Å². The molecule has 0 spiro atoms. The summed E-state index contributed by atoms with van der Waals surface area (Å²) in [6.45, 7) is 6.16. The van der Waals surface area contributed by atoms with E-state index in [1.807, 2.05) is 19.9 Å². The molecule has 1 aromatic carbocycles. The minimum atomic E-state index is -0.619. The number of rotatable bonds is 4. The van der Waals surface area contributed by atoms with Gasteiger partial charge in [-0.25, -0.2) is 4.79 Å². The van der Waals surface area contributed by atoms with E-state index in [2.05, 4.69) is 10.1 Å². The van der Waals surface area contributed by atoms with Gasteiger partial charge in [0, 0.05) is 18.7 Å². The molecule has 1 amide bonds. The molecule has 2 aromatic rings. The molecule has 5 rings (SSSR count). The first-order valence-corrected chi connectivity index (χ1v) is 10.7. The number of hydrogen-bond acceptors (Lipinski definition) is 9. The number of ether oxygens (including phenoxy) is 4. The molecule has 11 heteroatoms. The van der Waals surface area contributed by atoms with Crippen LogP contribution < -0.4 is 9.80 Å². The molecular weight excluding hydrogens is 430 g/mol. The quantitative estimate of drug-likeness (QED) is 0.746. The van der Waals surface area contributed by atoms with Crippen molar-refractivity contribution in [2.24, 2.45) is 0 Å². The molecule has 1 N–H and O–H groups in total. The fraction of sp³-hybridized carbons (Fsp3) is 0.600. The predicted octanol–water partition coefficient (Wildman–Crippen LogP) is 2.46. The third-order valence-corrected chi connectivity index (χ3v) is 5.99. The second-order valence-electron chi connectivity index (χ2n) is 8.05. The van der Waals surface area contributed by atoms with Crippen LogP contribution in [0.4, 0.5) is 16.3 Å². The van der Waals surface area contributed by atoms with E-state index >= 15 is 0 Å². The van der Waals surface area contributed by atoms with Crippen molar-refractivity contribution in [1.29, 1.82) is 0 Å². The van der Waals surface area contributed by atoms with Crippen molar-refractivity contribution < 1.29 is 33.4 Å². The van der Waals surface area contributed by atoms with Crippen LogP contribution in [0.25, 0.3) is 11.0 Å². The second-order valence-corrected chi connectivity index (χ2v) is 8.42. The standard InChI is InChI=1S/C20H24ClN3O7/c1-10-6-23(7-11(2)29-10)16-13(19-27-3-4-28-19)5-14-17(15(16)21)31-22-18(14)24-8-12(9-25)30-20(24)26/h5,10-12,19,25H,3-4,6-9H2,1-2H3/t10-,11-,12+/m1/s1. The molecule has 0 unspecified atom stereocenters. The summed E-state index contributed by atoms with van der Waals surface area (Å²) in [5.41, 5.74) is 1.86. The number of nitrogens with zero attached hydrogens (tertiary/aromatic N) is 3. The number of morpholine rings is 1. The third kappa shape index (κ3) is 3.62. The average molecular weight is 454 g/mol. The van der Waals surface area contributed by atoms with Gasteiger partial charge in [0.1, 0.15) is 11.1 Å². The maximum absolute atomic E-state index is 12.3. The lowest BCUT2D eigenvalue weighted by atomic mass is 10.1. The van der Waals surface area contributed by atoms with E-state index in [1.165, 1.54) is 4.90 Å². The number of carbonyl (C=O) groups excluding carboxylic acids is 1. The molecule has 3 aliphatic rings. The Morgan fingerprint density at radius 3 is 2.55 bits per heavy atom. The van der Waals surface area contributed by atoms with Crippen LogP contribution in [0.2, 0.25) is 5.02 Å². The van der Waals surface area contributed by atoms with Crippen molar-refractivity contribution in [3.05, 3.63) is 16.7 Å². The number of aliphatic hydroxyl groups excluding tert-OH is 1. The Bertz CT molecular complexity index is 983. The number of aliphatic hydroxyl groups is 1. The van der Waals surface area contributed by atoms with Gasteiger partial charge in [-0.1, -0.05) is 16.8 Å². The van der Waals surface area contributed by atoms with Crippen LogP contribution in [0.3, 0.4) is 0 Å². The van der Waals surface area contributed by atoms with Gasteiger partial charge >= 0.3 is 6.09 Å². The Labute approximate surface area is 183 Å². The van der Waals surface area contributed by atoms with Crippen molar-refractivity contribution in [3.63, 3.8) is 0 Å². The Balaban J connectivity index is 1.63. The van der Waals surface area contributed by atoms with Gasteiger partial charge in [-0.2, -0.15) is 0 Å². The van der Waals surface area contributed by atoms with Crippen LogP contribution in [0.1, 0.15) is 25.7 Å². The fourth-order valence-electron chi connectivity index (χ4n) is 4.42. The SMILES string of the molecule is C[C@@H]1CN(c2c(C3OCCO3)cc3c(N4C[C@@H](CO)OC4=O)noc3c2Cl)C[C@@H](C)O1. The van der Waals surface area contributed by atoms with Crippen molar-refractivity contribution in [2.75, 3.05) is 49.3 Å². The molecule has 3 aliphatic heterocycles. The van der Waals surface area contributed by atoms with Gasteiger partial charge in [0.15, 0.2) is 17.7 Å². The van der Waals surface area contributed by atoms with E-state index in [9.17, 15) is 9.90 Å². The highest BCUT2D eigenvalue weighted by Crippen LogP contribution is 2.45. The molecule has 0 saturated carbocycles. The molecule has 0 radical (unpaired) electrons. The lowest BCUT2D eigenvalue weighted by Gasteiger charge is -2.38. The van der Waals surface area contributed by atoms with Gasteiger partial charge in [0.05, 0.1) is 49.6 Å². The molecule has 1 aromatic heterocycles. The summed E-state index contributed by atoms with van der Waals surface area (Å²) in [4.78, 5) is 15.8. The largest absolute Gasteiger partial charge is 0.441 e. The smallest absolute Gasteiger partial charge is 0.416 e. The first-order chi connectivity index (χ1) is 15.0. The molecule has 4 heterocycles. The first kappa shape index (κ1) is 20.8. The summed E-state index contributed by atoms with van der Waals surface area (Å²) in [5.74, 6) is 0.285.